The van der Waals surface area contributed by atoms with E-state index in [1.165, 1.54) is 12.5 Å². The molecular weight excluding hydrogens is 338 g/mol. The second kappa shape index (κ2) is 5.65. The van der Waals surface area contributed by atoms with Gasteiger partial charge in [0.15, 0.2) is 0 Å². The highest BCUT2D eigenvalue weighted by Gasteiger charge is 2.31. The minimum Gasteiger partial charge on any atom is -0.348 e. The van der Waals surface area contributed by atoms with Gasteiger partial charge in [0.05, 0.1) is 11.2 Å². The molecule has 1 aliphatic carbocycles. The van der Waals surface area contributed by atoms with Crippen molar-refractivity contribution in [2.75, 3.05) is 6.54 Å². The molecule has 0 atom stereocenters. The Balaban J connectivity index is 1.46. The summed E-state index contributed by atoms with van der Waals surface area (Å²) >= 11 is 0. The van der Waals surface area contributed by atoms with Crippen LogP contribution in [0.25, 0.3) is 10.9 Å². The van der Waals surface area contributed by atoms with Gasteiger partial charge >= 0.3 is 0 Å². The van der Waals surface area contributed by atoms with Crippen molar-refractivity contribution in [1.29, 1.82) is 0 Å². The Morgan fingerprint density at radius 1 is 1.23 bits per heavy atom. The van der Waals surface area contributed by atoms with Crippen LogP contribution in [0.15, 0.2) is 18.2 Å². The lowest BCUT2D eigenvalue weighted by atomic mass is 9.81. The Labute approximate surface area is 148 Å². The van der Waals surface area contributed by atoms with Crippen LogP contribution in [0.1, 0.15) is 52.6 Å². The van der Waals surface area contributed by atoms with Gasteiger partial charge in [-0.05, 0) is 31.0 Å². The maximum Gasteiger partial charge on any atom is 0.270 e. The smallest absolute Gasteiger partial charge is 0.270 e. The molecule has 0 radical (unpaired) electrons. The van der Waals surface area contributed by atoms with Crippen molar-refractivity contribution in [2.24, 2.45) is 0 Å². The van der Waals surface area contributed by atoms with Gasteiger partial charge in [0.2, 0.25) is 0 Å². The fourth-order valence-electron chi connectivity index (χ4n) is 3.95. The molecule has 3 heterocycles. The lowest BCUT2D eigenvalue weighted by Gasteiger charge is -2.30. The van der Waals surface area contributed by atoms with Gasteiger partial charge in [0.1, 0.15) is 17.3 Å². The molecule has 1 fully saturated rings. The minimum absolute atomic E-state index is 0.0320. The first kappa shape index (κ1) is 15.5. The van der Waals surface area contributed by atoms with Gasteiger partial charge in [0, 0.05) is 42.1 Å². The zero-order valence-corrected chi connectivity index (χ0v) is 14.1. The van der Waals surface area contributed by atoms with E-state index < -0.39 is 11.6 Å². The Kier molecular flexibility index (Phi) is 3.38. The van der Waals surface area contributed by atoms with Crippen molar-refractivity contribution in [3.05, 3.63) is 52.5 Å². The van der Waals surface area contributed by atoms with Crippen molar-refractivity contribution in [1.82, 2.24) is 20.1 Å². The van der Waals surface area contributed by atoms with E-state index in [1.54, 1.807) is 4.90 Å². The summed E-state index contributed by atoms with van der Waals surface area (Å²) in [5.41, 5.74) is 3.54. The van der Waals surface area contributed by atoms with Crippen LogP contribution < -0.4 is 0 Å². The predicted molar refractivity (Wildman–Crippen MR) is 91.8 cm³/mol. The normalized spacial score (nSPS) is 17.4. The highest BCUT2D eigenvalue weighted by Crippen LogP contribution is 2.39. The lowest BCUT2D eigenvalue weighted by molar-refractivity contribution is 0.0728. The summed E-state index contributed by atoms with van der Waals surface area (Å²) in [6.45, 7) is 1.04. The van der Waals surface area contributed by atoms with Crippen LogP contribution in [0.5, 0.6) is 0 Å². The molecule has 3 aromatic rings. The molecule has 0 unspecified atom stereocenters. The second-order valence-electron chi connectivity index (χ2n) is 7.17. The molecule has 2 aliphatic rings. The van der Waals surface area contributed by atoms with E-state index in [9.17, 15) is 13.6 Å². The van der Waals surface area contributed by atoms with Gasteiger partial charge in [-0.25, -0.2) is 8.78 Å². The average Bonchev–Trinajstić information content (AvgIpc) is 3.22. The van der Waals surface area contributed by atoms with E-state index in [4.69, 9.17) is 0 Å². The van der Waals surface area contributed by atoms with E-state index in [0.29, 0.717) is 25.4 Å². The van der Waals surface area contributed by atoms with E-state index in [0.717, 1.165) is 41.9 Å². The van der Waals surface area contributed by atoms with Crippen molar-refractivity contribution < 1.29 is 13.6 Å². The first-order valence-corrected chi connectivity index (χ1v) is 8.94. The van der Waals surface area contributed by atoms with Crippen LogP contribution in [0.3, 0.4) is 0 Å². The van der Waals surface area contributed by atoms with Crippen LogP contribution in [0.2, 0.25) is 0 Å². The van der Waals surface area contributed by atoms with Crippen LogP contribution in [0.4, 0.5) is 8.78 Å². The van der Waals surface area contributed by atoms with Crippen molar-refractivity contribution in [3.8, 4) is 0 Å². The van der Waals surface area contributed by atoms with Crippen molar-refractivity contribution in [2.45, 2.75) is 38.1 Å². The lowest BCUT2D eigenvalue weighted by Crippen LogP contribution is -2.36. The number of halogens is 2. The Hall–Kier alpha value is -2.70. The number of nitrogens with one attached hydrogen (secondary N) is 2. The van der Waals surface area contributed by atoms with Gasteiger partial charge in [-0.3, -0.25) is 9.89 Å². The Morgan fingerprint density at radius 2 is 2.04 bits per heavy atom. The second-order valence-corrected chi connectivity index (χ2v) is 7.17. The first-order valence-electron chi connectivity index (χ1n) is 8.94. The molecule has 26 heavy (non-hydrogen) atoms. The standard InChI is InChI=1S/C19H18F2N4O/c20-13-4-5-14(21)18-11(13)8-16(22-18)19(26)25-7-6-15-12(9-25)17(24-23-15)10-2-1-3-10/h4-5,8,10,22H,1-3,6-7,9H2,(H,23,24). The maximum absolute atomic E-state index is 13.9. The number of fused-ring (bicyclic) bond motifs is 2. The predicted octanol–water partition coefficient (Wildman–Crippen LogP) is 3.64. The van der Waals surface area contributed by atoms with Crippen LogP contribution in [-0.4, -0.2) is 32.5 Å². The Bertz CT molecular complexity index is 979. The van der Waals surface area contributed by atoms with Crippen LogP contribution in [0, 0.1) is 11.6 Å². The monoisotopic (exact) mass is 356 g/mol. The van der Waals surface area contributed by atoms with Crippen molar-refractivity contribution in [3.63, 3.8) is 0 Å². The molecule has 0 bridgehead atoms. The molecule has 1 aliphatic heterocycles. The number of aromatic amines is 2. The zero-order valence-electron chi connectivity index (χ0n) is 14.1. The number of benzene rings is 1. The highest BCUT2D eigenvalue weighted by atomic mass is 19.1. The van der Waals surface area contributed by atoms with E-state index in [1.807, 2.05) is 0 Å². The van der Waals surface area contributed by atoms with Crippen LogP contribution in [-0.2, 0) is 13.0 Å². The summed E-state index contributed by atoms with van der Waals surface area (Å²) in [7, 11) is 0. The molecule has 1 aromatic carbocycles. The number of carbonyl (C=O) groups is 1. The molecule has 0 saturated heterocycles. The number of nitrogens with zero attached hydrogens (tertiary/aromatic N) is 2. The number of amides is 1. The number of carbonyl (C=O) groups excluding carboxylic acids is 1. The minimum atomic E-state index is -0.566. The van der Waals surface area contributed by atoms with E-state index in [-0.39, 0.29) is 22.5 Å². The third-order valence-electron chi connectivity index (χ3n) is 5.66. The molecule has 134 valence electrons. The fraction of sp³-hybridized carbons (Fsp3) is 0.368. The van der Waals surface area contributed by atoms with Gasteiger partial charge in [-0.2, -0.15) is 5.10 Å². The number of aromatic nitrogens is 3. The third-order valence-corrected chi connectivity index (χ3v) is 5.66. The van der Waals surface area contributed by atoms with E-state index >= 15 is 0 Å². The molecule has 2 aromatic heterocycles. The maximum atomic E-state index is 13.9. The highest BCUT2D eigenvalue weighted by molar-refractivity contribution is 5.98. The summed E-state index contributed by atoms with van der Waals surface area (Å²) in [5.74, 6) is -0.865. The largest absolute Gasteiger partial charge is 0.348 e. The van der Waals surface area contributed by atoms with Gasteiger partial charge in [-0.1, -0.05) is 6.42 Å². The average molecular weight is 356 g/mol. The molecule has 5 rings (SSSR count). The molecule has 2 N–H and O–H groups in total. The summed E-state index contributed by atoms with van der Waals surface area (Å²) in [6.07, 6.45) is 4.22. The summed E-state index contributed by atoms with van der Waals surface area (Å²) < 4.78 is 27.8. The molecule has 1 amide bonds. The molecular formula is C19H18F2N4O. The molecule has 5 nitrogen and oxygen atoms in total. The summed E-state index contributed by atoms with van der Waals surface area (Å²) in [6, 6.07) is 3.53. The zero-order chi connectivity index (χ0) is 17.8. The topological polar surface area (TPSA) is 64.8 Å². The van der Waals surface area contributed by atoms with Crippen LogP contribution >= 0.6 is 0 Å². The van der Waals surface area contributed by atoms with Gasteiger partial charge in [0.25, 0.3) is 5.91 Å². The summed E-state index contributed by atoms with van der Waals surface area (Å²) in [5, 5.41) is 7.69. The van der Waals surface area contributed by atoms with Gasteiger partial charge in [-0.15, -0.1) is 0 Å². The summed E-state index contributed by atoms with van der Waals surface area (Å²) in [4.78, 5) is 17.4. The van der Waals surface area contributed by atoms with Crippen molar-refractivity contribution >= 4 is 16.8 Å². The van der Waals surface area contributed by atoms with Gasteiger partial charge < -0.3 is 9.88 Å². The molecule has 1 saturated carbocycles. The molecule has 0 spiro atoms. The number of rotatable bonds is 2. The third kappa shape index (κ3) is 2.26. The fourth-order valence-corrected chi connectivity index (χ4v) is 3.95. The number of hydrogen-bond donors (Lipinski definition) is 2. The quantitative estimate of drug-likeness (QED) is 0.736. The molecule has 7 heteroatoms. The number of hydrogen-bond acceptors (Lipinski definition) is 2. The first-order chi connectivity index (χ1) is 12.6. The Morgan fingerprint density at radius 3 is 2.77 bits per heavy atom. The SMILES string of the molecule is O=C(c1cc2c(F)ccc(F)c2[nH]1)N1CCc2[nH]nc(C3CCC3)c2C1. The number of H-pyrrole nitrogens is 2. The van der Waals surface area contributed by atoms with E-state index in [2.05, 4.69) is 15.2 Å².